The van der Waals surface area contributed by atoms with Crippen LogP contribution in [0.15, 0.2) is 53.2 Å². The summed E-state index contributed by atoms with van der Waals surface area (Å²) in [6, 6.07) is 3.61. The molecular weight excluding hydrogens is 554 g/mol. The summed E-state index contributed by atoms with van der Waals surface area (Å²) in [6.07, 6.45) is -0.0893. The number of alkyl halides is 4. The highest BCUT2D eigenvalue weighted by Crippen LogP contribution is 2.36. The number of ether oxygens (including phenoxy) is 1. The number of pyridine rings is 1. The minimum Gasteiger partial charge on any atom is -0.450 e. The molecule has 0 radical (unpaired) electrons. The van der Waals surface area contributed by atoms with Crippen molar-refractivity contribution in [3.8, 4) is 5.75 Å². The lowest BCUT2D eigenvalue weighted by Crippen LogP contribution is -2.47. The molecular formula is C25H24ClF4N9O. The molecule has 2 aliphatic rings. The van der Waals surface area contributed by atoms with E-state index in [0.717, 1.165) is 18.3 Å². The number of hydrogen-bond donors (Lipinski definition) is 4. The number of nitrogens with zero attached hydrogens (tertiary/aromatic N) is 5. The molecule has 2 aromatic heterocycles. The number of amidine groups is 1. The molecule has 0 amide bonds. The zero-order valence-electron chi connectivity index (χ0n) is 21.3. The van der Waals surface area contributed by atoms with Crippen LogP contribution in [-0.2, 0) is 19.8 Å². The summed E-state index contributed by atoms with van der Waals surface area (Å²) in [7, 11) is 3.30. The average molecular weight is 578 g/mol. The van der Waals surface area contributed by atoms with E-state index >= 15 is 0 Å². The number of anilines is 2. The molecule has 5 rings (SSSR count). The zero-order valence-corrected chi connectivity index (χ0v) is 22.0. The van der Waals surface area contributed by atoms with Gasteiger partial charge in [0.1, 0.15) is 22.4 Å². The molecule has 10 nitrogen and oxygen atoms in total. The van der Waals surface area contributed by atoms with Crippen LogP contribution in [0.4, 0.5) is 29.2 Å². The SMILES string of the molecule is CNC1=NC=CN/C1=C(\C=N)Oc1cnc2nc(Nc3cc(CN4CC(F)C4)cc(C(F)(F)F)c3)n(C)c2c1Cl. The molecule has 4 N–H and O–H groups in total. The fourth-order valence-electron chi connectivity index (χ4n) is 4.35. The predicted molar refractivity (Wildman–Crippen MR) is 144 cm³/mol. The third-order valence-electron chi connectivity index (χ3n) is 6.28. The first kappa shape index (κ1) is 27.4. The number of aromatic nitrogens is 3. The van der Waals surface area contributed by atoms with Crippen LogP contribution in [0.1, 0.15) is 11.1 Å². The number of aliphatic imine (C=N–C) groups is 1. The van der Waals surface area contributed by atoms with Crippen LogP contribution in [0.5, 0.6) is 5.75 Å². The molecule has 40 heavy (non-hydrogen) atoms. The first-order chi connectivity index (χ1) is 19.1. The van der Waals surface area contributed by atoms with Gasteiger partial charge in [0.05, 0.1) is 18.0 Å². The molecule has 0 unspecified atom stereocenters. The third-order valence-corrected chi connectivity index (χ3v) is 6.64. The van der Waals surface area contributed by atoms with Gasteiger partial charge in [0.2, 0.25) is 5.95 Å². The molecule has 15 heteroatoms. The highest BCUT2D eigenvalue weighted by atomic mass is 35.5. The number of likely N-dealkylation sites (tertiary alicyclic amines) is 1. The van der Waals surface area contributed by atoms with Crippen LogP contribution in [-0.4, -0.2) is 57.8 Å². The first-order valence-electron chi connectivity index (χ1n) is 12.0. The summed E-state index contributed by atoms with van der Waals surface area (Å²) >= 11 is 6.66. The molecule has 0 aliphatic carbocycles. The van der Waals surface area contributed by atoms with Gasteiger partial charge in [0.15, 0.2) is 23.0 Å². The highest BCUT2D eigenvalue weighted by molar-refractivity contribution is 6.36. The lowest BCUT2D eigenvalue weighted by molar-refractivity contribution is -0.137. The van der Waals surface area contributed by atoms with Crippen molar-refractivity contribution in [1.82, 2.24) is 30.1 Å². The summed E-state index contributed by atoms with van der Waals surface area (Å²) in [5.74, 6) is 0.869. The van der Waals surface area contributed by atoms with Crippen molar-refractivity contribution in [2.24, 2.45) is 12.0 Å². The van der Waals surface area contributed by atoms with E-state index in [2.05, 4.69) is 30.9 Å². The molecule has 1 fully saturated rings. The summed E-state index contributed by atoms with van der Waals surface area (Å²) < 4.78 is 61.6. The first-order valence-corrected chi connectivity index (χ1v) is 12.4. The van der Waals surface area contributed by atoms with Gasteiger partial charge in [-0.05, 0) is 23.8 Å². The van der Waals surface area contributed by atoms with Crippen LogP contribution >= 0.6 is 11.6 Å². The van der Waals surface area contributed by atoms with Crippen LogP contribution in [0.25, 0.3) is 11.2 Å². The predicted octanol–water partition coefficient (Wildman–Crippen LogP) is 4.47. The summed E-state index contributed by atoms with van der Waals surface area (Å²) in [5, 5.41) is 16.7. The normalized spacial score (nSPS) is 17.2. The Kier molecular flexibility index (Phi) is 7.38. The van der Waals surface area contributed by atoms with Crippen molar-refractivity contribution >= 4 is 46.5 Å². The molecule has 0 saturated carbocycles. The molecule has 0 bridgehead atoms. The monoisotopic (exact) mass is 577 g/mol. The molecule has 0 spiro atoms. The number of aryl methyl sites for hydroxylation is 1. The van der Waals surface area contributed by atoms with E-state index in [1.807, 2.05) is 0 Å². The Hall–Kier alpha value is -4.17. The van der Waals surface area contributed by atoms with Crippen molar-refractivity contribution in [2.45, 2.75) is 18.9 Å². The minimum atomic E-state index is -4.57. The quantitative estimate of drug-likeness (QED) is 0.186. The second-order valence-corrected chi connectivity index (χ2v) is 9.49. The van der Waals surface area contributed by atoms with Gasteiger partial charge in [0, 0.05) is 51.8 Å². The van der Waals surface area contributed by atoms with Gasteiger partial charge in [-0.2, -0.15) is 18.2 Å². The maximum atomic E-state index is 13.6. The number of imidazole rings is 1. The van der Waals surface area contributed by atoms with E-state index in [9.17, 15) is 17.6 Å². The average Bonchev–Trinajstić information content (AvgIpc) is 3.22. The number of benzene rings is 1. The fraction of sp³-hybridized carbons (Fsp3) is 0.280. The summed E-state index contributed by atoms with van der Waals surface area (Å²) in [4.78, 5) is 14.6. The molecule has 2 aliphatic heterocycles. The van der Waals surface area contributed by atoms with Gasteiger partial charge < -0.3 is 30.7 Å². The Bertz CT molecular complexity index is 1560. The van der Waals surface area contributed by atoms with Crippen molar-refractivity contribution in [1.29, 1.82) is 5.41 Å². The molecule has 3 aromatic rings. The van der Waals surface area contributed by atoms with Crippen LogP contribution in [0, 0.1) is 5.41 Å². The number of hydrogen-bond acceptors (Lipinski definition) is 9. The maximum absolute atomic E-state index is 13.6. The minimum absolute atomic E-state index is 0.110. The Balaban J connectivity index is 1.46. The Morgan fingerprint density at radius 2 is 2.08 bits per heavy atom. The smallest absolute Gasteiger partial charge is 0.416 e. The molecule has 210 valence electrons. The van der Waals surface area contributed by atoms with E-state index < -0.39 is 17.9 Å². The Morgan fingerprint density at radius 3 is 2.75 bits per heavy atom. The highest BCUT2D eigenvalue weighted by Gasteiger charge is 2.32. The lowest BCUT2D eigenvalue weighted by atomic mass is 10.1. The van der Waals surface area contributed by atoms with Gasteiger partial charge >= 0.3 is 6.18 Å². The topological polar surface area (TPSA) is 115 Å². The number of allylic oxidation sites excluding steroid dienone is 1. The molecule has 0 atom stereocenters. The van der Waals surface area contributed by atoms with Gasteiger partial charge in [-0.25, -0.2) is 14.4 Å². The van der Waals surface area contributed by atoms with E-state index in [4.69, 9.17) is 21.7 Å². The van der Waals surface area contributed by atoms with Crippen molar-refractivity contribution in [3.05, 3.63) is 64.4 Å². The van der Waals surface area contributed by atoms with Gasteiger partial charge in [-0.1, -0.05) is 11.6 Å². The van der Waals surface area contributed by atoms with Crippen LogP contribution in [0.2, 0.25) is 5.02 Å². The van der Waals surface area contributed by atoms with E-state index in [1.165, 1.54) is 6.20 Å². The van der Waals surface area contributed by atoms with E-state index in [-0.39, 0.29) is 53.4 Å². The number of nitrogens with one attached hydrogen (secondary N) is 4. The largest absolute Gasteiger partial charge is 0.450 e. The van der Waals surface area contributed by atoms with E-state index in [1.54, 1.807) is 42.0 Å². The number of likely N-dealkylation sites (N-methyl/N-ethyl adjacent to an activating group) is 1. The van der Waals surface area contributed by atoms with Gasteiger partial charge in [0.25, 0.3) is 0 Å². The second kappa shape index (κ2) is 10.8. The van der Waals surface area contributed by atoms with Gasteiger partial charge in [-0.15, -0.1) is 0 Å². The second-order valence-electron chi connectivity index (χ2n) is 9.11. The van der Waals surface area contributed by atoms with Crippen molar-refractivity contribution in [2.75, 3.05) is 25.5 Å². The Morgan fingerprint density at radius 1 is 1.30 bits per heavy atom. The maximum Gasteiger partial charge on any atom is 0.416 e. The van der Waals surface area contributed by atoms with Gasteiger partial charge in [-0.3, -0.25) is 4.90 Å². The molecule has 1 aromatic carbocycles. The summed E-state index contributed by atoms with van der Waals surface area (Å²) in [6.45, 7) is 0.556. The number of halogens is 5. The van der Waals surface area contributed by atoms with Crippen molar-refractivity contribution < 1.29 is 22.3 Å². The Labute approximate surface area is 230 Å². The zero-order chi connectivity index (χ0) is 28.6. The molecule has 1 saturated heterocycles. The van der Waals surface area contributed by atoms with Crippen LogP contribution in [0.3, 0.4) is 0 Å². The van der Waals surface area contributed by atoms with Crippen molar-refractivity contribution in [3.63, 3.8) is 0 Å². The third kappa shape index (κ3) is 5.45. The lowest BCUT2D eigenvalue weighted by Gasteiger charge is -2.34. The fourth-order valence-corrected chi connectivity index (χ4v) is 4.65. The number of fused-ring (bicyclic) bond motifs is 1. The van der Waals surface area contributed by atoms with Crippen LogP contribution < -0.4 is 20.7 Å². The summed E-state index contributed by atoms with van der Waals surface area (Å²) in [5.41, 5.74) is 0.695. The van der Waals surface area contributed by atoms with E-state index in [0.29, 0.717) is 22.6 Å². The standard InChI is InChI=1S/C25H24ClF4N9O/c1-32-22-20(33-3-4-34-22)17(8-31)40-18-9-35-23-21(19(18)26)38(2)24(37-23)36-16-6-13(10-39-11-15(27)12-39)5-14(7-16)25(28,29)30/h3-9,15,31,33H,10-12H2,1-2H3,(H,32,34)(H,35,36,37)/b20-17+,31-8?. The number of rotatable bonds is 7. The molecule has 4 heterocycles.